The maximum atomic E-state index is 12.8. The van der Waals surface area contributed by atoms with Gasteiger partial charge in [-0.15, -0.1) is 0 Å². The Morgan fingerprint density at radius 1 is 1.03 bits per heavy atom. The number of nitrogens with one attached hydrogen (secondary N) is 1. The molecular weight excluding hydrogens is 416 g/mol. The highest BCUT2D eigenvalue weighted by atomic mass is 35.5. The van der Waals surface area contributed by atoms with Crippen LogP contribution in [0.5, 0.6) is 0 Å². The molecule has 2 amide bonds. The summed E-state index contributed by atoms with van der Waals surface area (Å²) >= 11 is 6.23. The van der Waals surface area contributed by atoms with Crippen molar-refractivity contribution in [2.45, 2.75) is 39.0 Å². The van der Waals surface area contributed by atoms with Crippen LogP contribution in [0.1, 0.15) is 65.3 Å². The number of benzene rings is 2. The minimum atomic E-state index is -0.531. The Balaban J connectivity index is 1.72. The lowest BCUT2D eigenvalue weighted by atomic mass is 9.96. The van der Waals surface area contributed by atoms with Gasteiger partial charge in [-0.2, -0.15) is 0 Å². The first kappa shape index (κ1) is 22.8. The van der Waals surface area contributed by atoms with Crippen LogP contribution in [0, 0.1) is 0 Å². The summed E-state index contributed by atoms with van der Waals surface area (Å²) in [5.41, 5.74) is 2.43. The van der Waals surface area contributed by atoms with Gasteiger partial charge in [0.15, 0.2) is 0 Å². The molecule has 0 aromatic heterocycles. The molecule has 1 aliphatic rings. The molecule has 1 unspecified atom stereocenters. The van der Waals surface area contributed by atoms with Crippen LogP contribution in [0.4, 0.5) is 5.69 Å². The first-order valence-corrected chi connectivity index (χ1v) is 10.9. The standard InChI is InChI=1S/C24H27ClN2O4/c1-3-31-24(30)18-9-7-17(8-10-18)23(29)26-22(28)16(2)20-12-11-19(25)15-21(20)27-13-5-4-6-14-27/h7-12,15-16H,3-6,13-14H2,1-2H3,(H,26,28,29). The van der Waals surface area contributed by atoms with E-state index in [1.807, 2.05) is 12.1 Å². The van der Waals surface area contributed by atoms with E-state index in [1.54, 1.807) is 19.9 Å². The number of halogens is 1. The number of esters is 1. The monoisotopic (exact) mass is 442 g/mol. The third kappa shape index (κ3) is 5.64. The Hall–Kier alpha value is -2.86. The van der Waals surface area contributed by atoms with Crippen molar-refractivity contribution in [1.29, 1.82) is 0 Å². The van der Waals surface area contributed by atoms with E-state index < -0.39 is 17.8 Å². The van der Waals surface area contributed by atoms with Gasteiger partial charge in [0, 0.05) is 29.4 Å². The van der Waals surface area contributed by atoms with Gasteiger partial charge < -0.3 is 9.64 Å². The van der Waals surface area contributed by atoms with Crippen LogP contribution in [-0.4, -0.2) is 37.5 Å². The van der Waals surface area contributed by atoms with Crippen molar-refractivity contribution >= 4 is 35.1 Å². The number of carbonyl (C=O) groups is 3. The third-order valence-corrected chi connectivity index (χ3v) is 5.68. The molecule has 1 aliphatic heterocycles. The van der Waals surface area contributed by atoms with Gasteiger partial charge in [0.1, 0.15) is 0 Å². The number of amides is 2. The van der Waals surface area contributed by atoms with E-state index in [0.29, 0.717) is 16.1 Å². The van der Waals surface area contributed by atoms with Crippen LogP contribution in [0.3, 0.4) is 0 Å². The fourth-order valence-corrected chi connectivity index (χ4v) is 3.86. The third-order valence-electron chi connectivity index (χ3n) is 5.44. The number of ether oxygens (including phenoxy) is 1. The highest BCUT2D eigenvalue weighted by Gasteiger charge is 2.24. The maximum absolute atomic E-state index is 12.8. The van der Waals surface area contributed by atoms with Crippen molar-refractivity contribution in [2.75, 3.05) is 24.6 Å². The highest BCUT2D eigenvalue weighted by Crippen LogP contribution is 2.32. The van der Waals surface area contributed by atoms with Gasteiger partial charge in [-0.1, -0.05) is 17.7 Å². The topological polar surface area (TPSA) is 75.7 Å². The summed E-state index contributed by atoms with van der Waals surface area (Å²) in [6.07, 6.45) is 3.41. The highest BCUT2D eigenvalue weighted by molar-refractivity contribution is 6.31. The first-order valence-electron chi connectivity index (χ1n) is 10.6. The van der Waals surface area contributed by atoms with Crippen LogP contribution >= 0.6 is 11.6 Å². The predicted molar refractivity (Wildman–Crippen MR) is 121 cm³/mol. The molecule has 2 aromatic rings. The van der Waals surface area contributed by atoms with Gasteiger partial charge in [-0.05, 0) is 75.1 Å². The minimum absolute atomic E-state index is 0.275. The summed E-state index contributed by atoms with van der Waals surface area (Å²) in [5, 5.41) is 3.09. The summed E-state index contributed by atoms with van der Waals surface area (Å²) in [4.78, 5) is 39.4. The predicted octanol–water partition coefficient (Wildman–Crippen LogP) is 4.57. The van der Waals surface area contributed by atoms with Crippen molar-refractivity contribution in [3.8, 4) is 0 Å². The molecule has 164 valence electrons. The number of hydrogen-bond donors (Lipinski definition) is 1. The first-order chi connectivity index (χ1) is 14.9. The molecule has 0 radical (unpaired) electrons. The van der Waals surface area contributed by atoms with Crippen LogP contribution < -0.4 is 10.2 Å². The largest absolute Gasteiger partial charge is 0.462 e. The van der Waals surface area contributed by atoms with E-state index in [9.17, 15) is 14.4 Å². The zero-order chi connectivity index (χ0) is 22.4. The van der Waals surface area contributed by atoms with Crippen molar-refractivity contribution in [2.24, 2.45) is 0 Å². The van der Waals surface area contributed by atoms with Crippen molar-refractivity contribution < 1.29 is 19.1 Å². The van der Waals surface area contributed by atoms with Gasteiger partial charge >= 0.3 is 5.97 Å². The SMILES string of the molecule is CCOC(=O)c1ccc(C(=O)NC(=O)C(C)c2ccc(Cl)cc2N2CCCCC2)cc1. The number of rotatable bonds is 6. The number of anilines is 1. The van der Waals surface area contributed by atoms with Crippen LogP contribution in [-0.2, 0) is 9.53 Å². The second-order valence-electron chi connectivity index (χ2n) is 7.59. The van der Waals surface area contributed by atoms with E-state index in [0.717, 1.165) is 37.2 Å². The van der Waals surface area contributed by atoms with E-state index >= 15 is 0 Å². The fourth-order valence-electron chi connectivity index (χ4n) is 3.70. The van der Waals surface area contributed by atoms with E-state index in [-0.39, 0.29) is 12.5 Å². The van der Waals surface area contributed by atoms with Crippen molar-refractivity contribution in [3.63, 3.8) is 0 Å². The molecule has 1 saturated heterocycles. The molecule has 1 atom stereocenters. The Labute approximate surface area is 187 Å². The van der Waals surface area contributed by atoms with Crippen molar-refractivity contribution in [3.05, 3.63) is 64.2 Å². The second-order valence-corrected chi connectivity index (χ2v) is 8.03. The van der Waals surface area contributed by atoms with E-state index in [4.69, 9.17) is 16.3 Å². The lowest BCUT2D eigenvalue weighted by Gasteiger charge is -2.32. The molecule has 6 nitrogen and oxygen atoms in total. The molecule has 1 N–H and O–H groups in total. The fraction of sp³-hybridized carbons (Fsp3) is 0.375. The molecule has 0 aliphatic carbocycles. The summed E-state index contributed by atoms with van der Waals surface area (Å²) in [6, 6.07) is 11.5. The lowest BCUT2D eigenvalue weighted by molar-refractivity contribution is -0.121. The Bertz CT molecular complexity index is 953. The van der Waals surface area contributed by atoms with Gasteiger partial charge in [-0.25, -0.2) is 4.79 Å². The molecule has 7 heteroatoms. The van der Waals surface area contributed by atoms with Gasteiger partial charge in [0.25, 0.3) is 5.91 Å². The maximum Gasteiger partial charge on any atom is 0.338 e. The van der Waals surface area contributed by atoms with Crippen LogP contribution in [0.15, 0.2) is 42.5 Å². The lowest BCUT2D eigenvalue weighted by Crippen LogP contribution is -2.35. The van der Waals surface area contributed by atoms with E-state index in [1.165, 1.54) is 30.7 Å². The zero-order valence-corrected chi connectivity index (χ0v) is 18.6. The molecule has 3 rings (SSSR count). The number of imide groups is 1. The summed E-state index contributed by atoms with van der Waals surface area (Å²) in [5.74, 6) is -1.88. The summed E-state index contributed by atoms with van der Waals surface area (Å²) in [7, 11) is 0. The van der Waals surface area contributed by atoms with Crippen LogP contribution in [0.2, 0.25) is 5.02 Å². The molecule has 1 heterocycles. The Morgan fingerprint density at radius 2 is 1.68 bits per heavy atom. The number of carbonyl (C=O) groups excluding carboxylic acids is 3. The number of hydrogen-bond acceptors (Lipinski definition) is 5. The van der Waals surface area contributed by atoms with Gasteiger partial charge in [0.2, 0.25) is 5.91 Å². The molecule has 2 aromatic carbocycles. The normalized spacial score (nSPS) is 14.6. The smallest absolute Gasteiger partial charge is 0.338 e. The van der Waals surface area contributed by atoms with E-state index in [2.05, 4.69) is 10.2 Å². The Kier molecular flexibility index (Phi) is 7.69. The van der Waals surface area contributed by atoms with Crippen LogP contribution in [0.25, 0.3) is 0 Å². The molecule has 0 saturated carbocycles. The minimum Gasteiger partial charge on any atom is -0.462 e. The van der Waals surface area contributed by atoms with Crippen molar-refractivity contribution in [1.82, 2.24) is 5.32 Å². The molecule has 1 fully saturated rings. The van der Waals surface area contributed by atoms with Gasteiger partial charge in [-0.3, -0.25) is 14.9 Å². The average Bonchev–Trinajstić information content (AvgIpc) is 2.79. The summed E-state index contributed by atoms with van der Waals surface area (Å²) < 4.78 is 4.94. The summed E-state index contributed by atoms with van der Waals surface area (Å²) in [6.45, 7) is 5.63. The molecular formula is C24H27ClN2O4. The average molecular weight is 443 g/mol. The quantitative estimate of drug-likeness (QED) is 0.663. The molecule has 31 heavy (non-hydrogen) atoms. The van der Waals surface area contributed by atoms with Gasteiger partial charge in [0.05, 0.1) is 18.1 Å². The zero-order valence-electron chi connectivity index (χ0n) is 17.8. The number of piperidine rings is 1. The number of nitrogens with zero attached hydrogens (tertiary/aromatic N) is 1. The Morgan fingerprint density at radius 3 is 2.32 bits per heavy atom. The second kappa shape index (κ2) is 10.4. The molecule has 0 bridgehead atoms. The molecule has 0 spiro atoms.